The van der Waals surface area contributed by atoms with Crippen LogP contribution in [0, 0.1) is 0 Å². The summed E-state index contributed by atoms with van der Waals surface area (Å²) >= 11 is 0. The Balaban J connectivity index is 2.58. The van der Waals surface area contributed by atoms with Crippen molar-refractivity contribution in [2.75, 3.05) is 0 Å². The largest absolute Gasteiger partial charge is 0.478 e. The number of rotatable bonds is 2. The molecule has 2 rings (SSSR count). The van der Waals surface area contributed by atoms with E-state index in [1.165, 1.54) is 6.07 Å². The zero-order valence-electron chi connectivity index (χ0n) is 9.90. The van der Waals surface area contributed by atoms with E-state index in [1.807, 2.05) is 0 Å². The molecule has 0 spiro atoms. The molecule has 2 aromatic rings. The molecule has 0 aliphatic carbocycles. The van der Waals surface area contributed by atoms with Gasteiger partial charge in [0.1, 0.15) is 0 Å². The molecule has 0 aromatic heterocycles. The lowest BCUT2D eigenvalue weighted by molar-refractivity contribution is 0.0698. The average molecular weight is 202 g/mol. The lowest BCUT2D eigenvalue weighted by atomic mass is 10.00. The number of benzene rings is 2. The molecule has 0 saturated heterocycles. The van der Waals surface area contributed by atoms with E-state index in [0.717, 1.165) is 5.56 Å². The van der Waals surface area contributed by atoms with Gasteiger partial charge in [0.05, 0.1) is 8.30 Å². The summed E-state index contributed by atoms with van der Waals surface area (Å²) in [5.74, 6) is -1.05. The normalized spacial score (nSPS) is 11.7. The molecule has 0 amide bonds. The van der Waals surface area contributed by atoms with E-state index in [9.17, 15) is 4.79 Å². The molecule has 0 atom stereocenters. The van der Waals surface area contributed by atoms with Crippen molar-refractivity contribution in [2.24, 2.45) is 0 Å². The van der Waals surface area contributed by atoms with Gasteiger partial charge in [-0.05, 0) is 17.2 Å². The molecule has 0 saturated carbocycles. The van der Waals surface area contributed by atoms with Gasteiger partial charge < -0.3 is 5.11 Å². The summed E-state index contributed by atoms with van der Waals surface area (Å²) < 4.78 is 14.8. The number of hydrogen-bond acceptors (Lipinski definition) is 1. The molecule has 0 unspecified atom stereocenters. The van der Waals surface area contributed by atoms with Gasteiger partial charge in [-0.3, -0.25) is 0 Å². The number of carbonyl (C=O) groups is 1. The Morgan fingerprint density at radius 3 is 2.40 bits per heavy atom. The van der Waals surface area contributed by atoms with Gasteiger partial charge >= 0.3 is 5.97 Å². The number of carboxylic acids is 1. The predicted molar refractivity (Wildman–Crippen MR) is 58.8 cm³/mol. The lowest BCUT2D eigenvalue weighted by Crippen LogP contribution is -1.98. The molecule has 1 N–H and O–H groups in total. The number of aromatic carboxylic acids is 1. The van der Waals surface area contributed by atoms with Crippen LogP contribution in [0.4, 0.5) is 0 Å². The Kier molecular flexibility index (Phi) is 1.91. The molecular weight excluding hydrogens is 188 g/mol. The Labute approximate surface area is 90.6 Å². The smallest absolute Gasteiger partial charge is 0.336 e. The topological polar surface area (TPSA) is 37.3 Å². The van der Waals surface area contributed by atoms with E-state index in [1.54, 1.807) is 36.4 Å². The van der Waals surface area contributed by atoms with Crippen LogP contribution in [0.5, 0.6) is 0 Å². The van der Waals surface area contributed by atoms with Gasteiger partial charge in [0.15, 0.2) is 0 Å². The van der Waals surface area contributed by atoms with Crippen LogP contribution in [-0.4, -0.2) is 11.1 Å². The first-order valence-corrected chi connectivity index (χ1v) is 4.49. The molecule has 0 aliphatic rings. The minimum Gasteiger partial charge on any atom is -0.478 e. The second kappa shape index (κ2) is 3.96. The first-order chi connectivity index (χ1) is 8.08. The van der Waals surface area contributed by atoms with Crippen LogP contribution in [0.15, 0.2) is 54.5 Å². The molecular formula is C13H10O2. The monoisotopic (exact) mass is 202 g/mol. The first-order valence-electron chi connectivity index (χ1n) is 5.49. The summed E-state index contributed by atoms with van der Waals surface area (Å²) in [6.07, 6.45) is 0. The second-order valence-electron chi connectivity index (χ2n) is 3.07. The predicted octanol–water partition coefficient (Wildman–Crippen LogP) is 3.05. The lowest BCUT2D eigenvalue weighted by Gasteiger charge is -2.05. The summed E-state index contributed by atoms with van der Waals surface area (Å²) in [5.41, 5.74) is 1.40. The van der Waals surface area contributed by atoms with Gasteiger partial charge in [0, 0.05) is 0 Å². The molecule has 0 radical (unpaired) electrons. The van der Waals surface area contributed by atoms with Crippen molar-refractivity contribution in [1.29, 1.82) is 0 Å². The minimum absolute atomic E-state index is 0.107. The van der Waals surface area contributed by atoms with Gasteiger partial charge in [-0.1, -0.05) is 48.5 Å². The van der Waals surface area contributed by atoms with E-state index in [4.69, 9.17) is 7.85 Å². The van der Waals surface area contributed by atoms with E-state index < -0.39 is 5.97 Å². The third-order valence-corrected chi connectivity index (χ3v) is 2.12. The van der Waals surface area contributed by atoms with Crippen LogP contribution in [0.3, 0.4) is 0 Å². The summed E-state index contributed by atoms with van der Waals surface area (Å²) in [6, 6.07) is 11.7. The molecule has 0 bridgehead atoms. The molecule has 74 valence electrons. The highest BCUT2D eigenvalue weighted by Crippen LogP contribution is 2.22. The maximum Gasteiger partial charge on any atom is 0.336 e. The van der Waals surface area contributed by atoms with Gasteiger partial charge in [0.25, 0.3) is 0 Å². The quantitative estimate of drug-likeness (QED) is 0.812. The number of hydrogen-bond donors (Lipinski definition) is 1. The molecule has 2 aromatic carbocycles. The summed E-state index contributed by atoms with van der Waals surface area (Å²) in [7, 11) is 0. The fourth-order valence-corrected chi connectivity index (χ4v) is 1.43. The SMILES string of the molecule is [3H]c1ccc(-c2ccc([3H])cc2C(=O)O)cc1. The summed E-state index contributed by atoms with van der Waals surface area (Å²) in [5, 5.41) is 9.09. The van der Waals surface area contributed by atoms with Gasteiger partial charge in [-0.15, -0.1) is 0 Å². The van der Waals surface area contributed by atoms with Crippen LogP contribution in [0.25, 0.3) is 11.1 Å². The maximum atomic E-state index is 11.1. The van der Waals surface area contributed by atoms with Crippen LogP contribution in [0.1, 0.15) is 13.1 Å². The van der Waals surface area contributed by atoms with Crippen molar-refractivity contribution < 1.29 is 12.6 Å². The van der Waals surface area contributed by atoms with E-state index in [0.29, 0.717) is 11.6 Å². The molecule has 0 aliphatic heterocycles. The number of carboxylic acid groups (broad SMARTS) is 1. The van der Waals surface area contributed by atoms with Crippen LogP contribution < -0.4 is 0 Å². The third-order valence-electron chi connectivity index (χ3n) is 2.12. The standard InChI is InChI=1S/C13H10O2/c14-13(15)12-9-5-4-8-11(12)10-6-2-1-3-7-10/h1-9H,(H,14,15)/i1T,5T. The fourth-order valence-electron chi connectivity index (χ4n) is 1.43. The van der Waals surface area contributed by atoms with E-state index in [2.05, 4.69) is 0 Å². The van der Waals surface area contributed by atoms with Crippen LogP contribution in [0.2, 0.25) is 0 Å². The summed E-state index contributed by atoms with van der Waals surface area (Å²) in [4.78, 5) is 11.1. The maximum absolute atomic E-state index is 11.1. The van der Waals surface area contributed by atoms with Crippen molar-refractivity contribution in [3.63, 3.8) is 0 Å². The molecule has 15 heavy (non-hydrogen) atoms. The van der Waals surface area contributed by atoms with E-state index in [-0.39, 0.29) is 11.6 Å². The van der Waals surface area contributed by atoms with Crippen molar-refractivity contribution >= 4 is 5.97 Å². The Hall–Kier alpha value is -2.09. The Morgan fingerprint density at radius 1 is 1.07 bits per heavy atom. The highest BCUT2D eigenvalue weighted by molar-refractivity contribution is 5.95. The highest BCUT2D eigenvalue weighted by Gasteiger charge is 2.09. The molecule has 0 fully saturated rings. The van der Waals surface area contributed by atoms with Gasteiger partial charge in [-0.2, -0.15) is 0 Å². The zero-order chi connectivity index (χ0) is 12.4. The molecule has 2 heteroatoms. The fraction of sp³-hybridized carbons (Fsp3) is 0. The minimum atomic E-state index is -1.05. The van der Waals surface area contributed by atoms with Crippen LogP contribution in [-0.2, 0) is 0 Å². The Bertz CT molecular complexity index is 562. The van der Waals surface area contributed by atoms with Gasteiger partial charge in [0.2, 0.25) is 0 Å². The van der Waals surface area contributed by atoms with Crippen LogP contribution >= 0.6 is 0 Å². The average Bonchev–Trinajstić information content (AvgIpc) is 2.30. The van der Waals surface area contributed by atoms with Crippen molar-refractivity contribution in [3.05, 3.63) is 60.1 Å². The summed E-state index contributed by atoms with van der Waals surface area (Å²) in [6.45, 7) is 0. The third kappa shape index (κ3) is 1.89. The molecule has 0 heterocycles. The van der Waals surface area contributed by atoms with Crippen molar-refractivity contribution in [2.45, 2.75) is 0 Å². The first kappa shape index (κ1) is 7.23. The van der Waals surface area contributed by atoms with Crippen molar-refractivity contribution in [3.8, 4) is 11.1 Å². The second-order valence-corrected chi connectivity index (χ2v) is 3.07. The Morgan fingerprint density at radius 2 is 1.73 bits per heavy atom. The zero-order valence-corrected chi connectivity index (χ0v) is 7.90. The van der Waals surface area contributed by atoms with Gasteiger partial charge in [-0.25, -0.2) is 4.79 Å². The van der Waals surface area contributed by atoms with E-state index >= 15 is 0 Å². The molecule has 2 nitrogen and oxygen atoms in total. The van der Waals surface area contributed by atoms with Crippen molar-refractivity contribution in [1.82, 2.24) is 0 Å². The highest BCUT2D eigenvalue weighted by atomic mass is 16.4.